The van der Waals surface area contributed by atoms with Gasteiger partial charge in [0.1, 0.15) is 5.75 Å². The molecule has 4 amide bonds. The number of carbonyl (C=O) groups excluding carboxylic acids is 3. The van der Waals surface area contributed by atoms with Gasteiger partial charge < -0.3 is 15.0 Å². The first-order valence-electron chi connectivity index (χ1n) is 8.89. The van der Waals surface area contributed by atoms with Crippen molar-refractivity contribution in [2.45, 2.75) is 12.6 Å². The standard InChI is InChI=1S/C20H18N4O4S/c1-28-14-3-2-12-9-24(19(26)15(12)7-14)10-16(23-20(27)22-11-25)18-6-13-8-21-5-4-17(13)29-18/h2-8,11,16H,9-10H2,1H3,(H2,22,23,25,27)/t16-/m0/s1. The predicted octanol–water partition coefficient (Wildman–Crippen LogP) is 2.46. The van der Waals surface area contributed by atoms with Crippen molar-refractivity contribution in [2.24, 2.45) is 0 Å². The average Bonchev–Trinajstić information content (AvgIpc) is 3.29. The normalized spacial score (nSPS) is 13.8. The number of aromatic nitrogens is 1. The smallest absolute Gasteiger partial charge is 0.321 e. The highest BCUT2D eigenvalue weighted by molar-refractivity contribution is 7.19. The molecule has 1 aliphatic heterocycles. The summed E-state index contributed by atoms with van der Waals surface area (Å²) in [6, 6.07) is 8.16. The second-order valence-corrected chi connectivity index (χ2v) is 7.67. The molecule has 29 heavy (non-hydrogen) atoms. The number of thiophene rings is 1. The third kappa shape index (κ3) is 3.77. The Balaban J connectivity index is 1.61. The van der Waals surface area contributed by atoms with Crippen molar-refractivity contribution in [1.82, 2.24) is 20.5 Å². The summed E-state index contributed by atoms with van der Waals surface area (Å²) >= 11 is 1.51. The van der Waals surface area contributed by atoms with Gasteiger partial charge in [0.05, 0.1) is 13.2 Å². The summed E-state index contributed by atoms with van der Waals surface area (Å²) in [4.78, 5) is 42.2. The zero-order chi connectivity index (χ0) is 20.4. The fourth-order valence-electron chi connectivity index (χ4n) is 3.37. The number of amides is 4. The second-order valence-electron chi connectivity index (χ2n) is 6.56. The molecule has 3 aromatic rings. The van der Waals surface area contributed by atoms with Crippen LogP contribution in [0, 0.1) is 0 Å². The zero-order valence-electron chi connectivity index (χ0n) is 15.5. The molecular formula is C20H18N4O4S. The van der Waals surface area contributed by atoms with Crippen LogP contribution >= 0.6 is 11.3 Å². The van der Waals surface area contributed by atoms with Crippen LogP contribution in [0.2, 0.25) is 0 Å². The molecule has 0 saturated carbocycles. The van der Waals surface area contributed by atoms with Crippen molar-refractivity contribution in [2.75, 3.05) is 13.7 Å². The molecule has 2 aromatic heterocycles. The van der Waals surface area contributed by atoms with Gasteiger partial charge in [-0.3, -0.25) is 19.9 Å². The summed E-state index contributed by atoms with van der Waals surface area (Å²) in [6.45, 7) is 0.709. The van der Waals surface area contributed by atoms with Crippen LogP contribution in [0.25, 0.3) is 10.1 Å². The number of hydrogen-bond acceptors (Lipinski definition) is 6. The fourth-order valence-corrected chi connectivity index (χ4v) is 4.45. The Hall–Kier alpha value is -3.46. The molecule has 3 heterocycles. The lowest BCUT2D eigenvalue weighted by Crippen LogP contribution is -2.42. The molecule has 0 bridgehead atoms. The Morgan fingerprint density at radius 1 is 1.38 bits per heavy atom. The summed E-state index contributed by atoms with van der Waals surface area (Å²) in [6.07, 6.45) is 3.78. The molecule has 0 aliphatic carbocycles. The first kappa shape index (κ1) is 18.9. The van der Waals surface area contributed by atoms with Crippen molar-refractivity contribution < 1.29 is 19.1 Å². The maximum atomic E-state index is 12.9. The first-order chi connectivity index (χ1) is 14.1. The van der Waals surface area contributed by atoms with Gasteiger partial charge in [-0.25, -0.2) is 4.79 Å². The molecule has 0 spiro atoms. The SMILES string of the molecule is COc1ccc2c(c1)C(=O)N(C[C@H](NC(=O)NC=O)c1cc3cnccc3s1)C2. The highest BCUT2D eigenvalue weighted by Crippen LogP contribution is 2.32. The van der Waals surface area contributed by atoms with Gasteiger partial charge in [-0.1, -0.05) is 6.07 Å². The van der Waals surface area contributed by atoms with Gasteiger partial charge in [0, 0.05) is 46.0 Å². The summed E-state index contributed by atoms with van der Waals surface area (Å²) < 4.78 is 6.24. The van der Waals surface area contributed by atoms with Crippen LogP contribution in [0.3, 0.4) is 0 Å². The van der Waals surface area contributed by atoms with Crippen LogP contribution in [0.1, 0.15) is 26.8 Å². The number of imide groups is 1. The van der Waals surface area contributed by atoms with Crippen LogP contribution in [0.5, 0.6) is 5.75 Å². The van der Waals surface area contributed by atoms with E-state index < -0.39 is 12.1 Å². The number of hydrogen-bond donors (Lipinski definition) is 2. The minimum absolute atomic E-state index is 0.121. The predicted molar refractivity (Wildman–Crippen MR) is 108 cm³/mol. The maximum Gasteiger partial charge on any atom is 0.321 e. The number of carbonyl (C=O) groups is 3. The fraction of sp³-hybridized carbons (Fsp3) is 0.200. The molecule has 2 N–H and O–H groups in total. The lowest BCUT2D eigenvalue weighted by atomic mass is 10.1. The van der Waals surface area contributed by atoms with E-state index in [2.05, 4.69) is 15.6 Å². The average molecular weight is 410 g/mol. The first-order valence-corrected chi connectivity index (χ1v) is 9.71. The van der Waals surface area contributed by atoms with Crippen LogP contribution in [0.15, 0.2) is 42.7 Å². The van der Waals surface area contributed by atoms with Crippen molar-refractivity contribution in [1.29, 1.82) is 0 Å². The molecule has 4 rings (SSSR count). The van der Waals surface area contributed by atoms with E-state index in [1.807, 2.05) is 24.3 Å². The Morgan fingerprint density at radius 2 is 2.24 bits per heavy atom. The monoisotopic (exact) mass is 410 g/mol. The van der Waals surface area contributed by atoms with Crippen LogP contribution in [0.4, 0.5) is 4.79 Å². The number of pyridine rings is 1. The number of fused-ring (bicyclic) bond motifs is 2. The largest absolute Gasteiger partial charge is 0.497 e. The van der Waals surface area contributed by atoms with Gasteiger partial charge in [0.2, 0.25) is 6.41 Å². The van der Waals surface area contributed by atoms with E-state index in [4.69, 9.17) is 4.74 Å². The van der Waals surface area contributed by atoms with Gasteiger partial charge in [0.15, 0.2) is 0 Å². The molecule has 148 valence electrons. The number of nitrogens with one attached hydrogen (secondary N) is 2. The number of methoxy groups -OCH3 is 1. The highest BCUT2D eigenvalue weighted by atomic mass is 32.1. The third-order valence-corrected chi connectivity index (χ3v) is 6.00. The van der Waals surface area contributed by atoms with Gasteiger partial charge in [0.25, 0.3) is 5.91 Å². The van der Waals surface area contributed by atoms with E-state index in [0.717, 1.165) is 20.5 Å². The van der Waals surface area contributed by atoms with Gasteiger partial charge >= 0.3 is 6.03 Å². The van der Waals surface area contributed by atoms with E-state index in [0.29, 0.717) is 24.3 Å². The molecule has 9 heteroatoms. The third-order valence-electron chi connectivity index (χ3n) is 4.77. The highest BCUT2D eigenvalue weighted by Gasteiger charge is 2.31. The number of ether oxygens (including phenoxy) is 1. The molecule has 8 nitrogen and oxygen atoms in total. The summed E-state index contributed by atoms with van der Waals surface area (Å²) in [5.41, 5.74) is 1.51. The molecular weight excluding hydrogens is 392 g/mol. The second kappa shape index (κ2) is 7.88. The van der Waals surface area contributed by atoms with Crippen LogP contribution < -0.4 is 15.4 Å². The lowest BCUT2D eigenvalue weighted by Gasteiger charge is -2.23. The van der Waals surface area contributed by atoms with E-state index in [-0.39, 0.29) is 12.5 Å². The van der Waals surface area contributed by atoms with Gasteiger partial charge in [-0.15, -0.1) is 11.3 Å². The Morgan fingerprint density at radius 3 is 3.00 bits per heavy atom. The number of rotatable bonds is 6. The topological polar surface area (TPSA) is 101 Å². The van der Waals surface area contributed by atoms with Crippen LogP contribution in [-0.4, -0.2) is 41.9 Å². The number of urea groups is 1. The molecule has 1 atom stereocenters. The minimum atomic E-state index is -0.619. The number of benzene rings is 1. The summed E-state index contributed by atoms with van der Waals surface area (Å²) in [5, 5.41) is 5.83. The maximum absolute atomic E-state index is 12.9. The molecule has 1 aliphatic rings. The van der Waals surface area contributed by atoms with E-state index in [9.17, 15) is 14.4 Å². The van der Waals surface area contributed by atoms with Crippen molar-refractivity contribution in [3.8, 4) is 5.75 Å². The summed E-state index contributed by atoms with van der Waals surface area (Å²) in [5.74, 6) is 0.500. The minimum Gasteiger partial charge on any atom is -0.497 e. The van der Waals surface area contributed by atoms with E-state index in [1.54, 1.807) is 30.5 Å². The Kier molecular flexibility index (Phi) is 5.13. The molecule has 0 radical (unpaired) electrons. The molecule has 0 unspecified atom stereocenters. The number of nitrogens with zero attached hydrogens (tertiary/aromatic N) is 2. The lowest BCUT2D eigenvalue weighted by molar-refractivity contribution is -0.108. The zero-order valence-corrected chi connectivity index (χ0v) is 16.4. The van der Waals surface area contributed by atoms with E-state index >= 15 is 0 Å². The van der Waals surface area contributed by atoms with E-state index in [1.165, 1.54) is 11.3 Å². The van der Waals surface area contributed by atoms with Gasteiger partial charge in [-0.2, -0.15) is 0 Å². The van der Waals surface area contributed by atoms with Crippen LogP contribution in [-0.2, 0) is 11.3 Å². The van der Waals surface area contributed by atoms with Crippen molar-refractivity contribution in [3.05, 3.63) is 58.7 Å². The Labute approximate surface area is 170 Å². The van der Waals surface area contributed by atoms with Crippen molar-refractivity contribution in [3.63, 3.8) is 0 Å². The van der Waals surface area contributed by atoms with Gasteiger partial charge in [-0.05, 0) is 29.8 Å². The molecule has 0 saturated heterocycles. The molecule has 0 fully saturated rings. The van der Waals surface area contributed by atoms with Crippen molar-refractivity contribution >= 4 is 39.8 Å². The quantitative estimate of drug-likeness (QED) is 0.608. The molecule has 1 aromatic carbocycles. The Bertz CT molecular complexity index is 1060. The summed E-state index contributed by atoms with van der Waals surface area (Å²) in [7, 11) is 1.56.